The number of benzene rings is 2. The zero-order valence-corrected chi connectivity index (χ0v) is 14.0. The van der Waals surface area contributed by atoms with Gasteiger partial charge in [-0.1, -0.05) is 23.7 Å². The van der Waals surface area contributed by atoms with Crippen molar-refractivity contribution >= 4 is 39.1 Å². The third kappa shape index (κ3) is 3.99. The molecule has 0 aliphatic carbocycles. The van der Waals surface area contributed by atoms with Gasteiger partial charge >= 0.3 is 0 Å². The monoisotopic (exact) mass is 366 g/mol. The second-order valence-electron chi connectivity index (χ2n) is 4.69. The molecule has 0 heterocycles. The van der Waals surface area contributed by atoms with E-state index in [4.69, 9.17) is 17.3 Å². The fourth-order valence-electron chi connectivity index (χ4n) is 1.98. The average Bonchev–Trinajstić information content (AvgIpc) is 2.49. The Morgan fingerprint density at radius 1 is 1.24 bits per heavy atom. The highest BCUT2D eigenvalue weighted by atomic mass is 79.9. The van der Waals surface area contributed by atoms with Gasteiger partial charge in [-0.05, 0) is 58.7 Å². The normalized spacial score (nSPS) is 10.4. The number of nitrogens with two attached hydrogens (primary N) is 1. The van der Waals surface area contributed by atoms with Gasteiger partial charge in [0.05, 0.1) is 5.02 Å². The largest absolute Gasteiger partial charge is 0.399 e. The molecule has 2 N–H and O–H groups in total. The smallest absolute Gasteiger partial charge is 0.254 e. The van der Waals surface area contributed by atoms with Crippen molar-refractivity contribution < 1.29 is 4.79 Å². The van der Waals surface area contributed by atoms with E-state index in [-0.39, 0.29) is 5.91 Å². The first-order chi connectivity index (χ1) is 10.0. The van der Waals surface area contributed by atoms with Gasteiger partial charge in [-0.25, -0.2) is 0 Å². The highest BCUT2D eigenvalue weighted by Crippen LogP contribution is 2.24. The number of rotatable bonds is 4. The second kappa shape index (κ2) is 6.96. The first-order valence-corrected chi connectivity index (χ1v) is 7.77. The molecule has 0 atom stereocenters. The molecular weight excluding hydrogens is 352 g/mol. The molecule has 2 aromatic rings. The van der Waals surface area contributed by atoms with Crippen molar-refractivity contribution in [2.75, 3.05) is 12.3 Å². The topological polar surface area (TPSA) is 46.3 Å². The minimum atomic E-state index is -0.0382. The summed E-state index contributed by atoms with van der Waals surface area (Å²) >= 11 is 9.38. The number of anilines is 1. The van der Waals surface area contributed by atoms with E-state index in [0.717, 1.165) is 10.0 Å². The lowest BCUT2D eigenvalue weighted by Crippen LogP contribution is -2.30. The van der Waals surface area contributed by atoms with Crippen LogP contribution in [-0.2, 0) is 6.54 Å². The van der Waals surface area contributed by atoms with Gasteiger partial charge in [0, 0.05) is 28.8 Å². The van der Waals surface area contributed by atoms with E-state index in [1.807, 2.05) is 31.2 Å². The Kier molecular flexibility index (Phi) is 5.26. The molecule has 21 heavy (non-hydrogen) atoms. The Bertz CT molecular complexity index is 643. The Morgan fingerprint density at radius 3 is 2.48 bits per heavy atom. The minimum Gasteiger partial charge on any atom is -0.399 e. The standard InChI is InChI=1S/C16H16BrClN2O/c1-2-20(10-11-3-6-13(19)7-4-11)16(21)12-5-8-14(17)15(18)9-12/h3-9H,2,10,19H2,1H3. The van der Waals surface area contributed by atoms with Crippen molar-refractivity contribution in [1.82, 2.24) is 4.90 Å². The Labute approximate surface area is 137 Å². The molecule has 5 heteroatoms. The molecular formula is C16H16BrClN2O. The lowest BCUT2D eigenvalue weighted by molar-refractivity contribution is 0.0752. The minimum absolute atomic E-state index is 0.0382. The molecule has 0 unspecified atom stereocenters. The second-order valence-corrected chi connectivity index (χ2v) is 5.95. The fourth-order valence-corrected chi connectivity index (χ4v) is 2.41. The quantitative estimate of drug-likeness (QED) is 0.817. The van der Waals surface area contributed by atoms with Crippen LogP contribution in [0.2, 0.25) is 5.02 Å². The summed E-state index contributed by atoms with van der Waals surface area (Å²) in [4.78, 5) is 14.3. The summed E-state index contributed by atoms with van der Waals surface area (Å²) in [6.07, 6.45) is 0. The van der Waals surface area contributed by atoms with Crippen molar-refractivity contribution in [2.45, 2.75) is 13.5 Å². The van der Waals surface area contributed by atoms with Crippen LogP contribution < -0.4 is 5.73 Å². The highest BCUT2D eigenvalue weighted by molar-refractivity contribution is 9.10. The maximum Gasteiger partial charge on any atom is 0.254 e. The van der Waals surface area contributed by atoms with Crippen LogP contribution in [0.1, 0.15) is 22.8 Å². The van der Waals surface area contributed by atoms with E-state index in [1.54, 1.807) is 23.1 Å². The fraction of sp³-hybridized carbons (Fsp3) is 0.188. The van der Waals surface area contributed by atoms with Crippen LogP contribution in [0.4, 0.5) is 5.69 Å². The lowest BCUT2D eigenvalue weighted by atomic mass is 10.1. The molecule has 0 radical (unpaired) electrons. The van der Waals surface area contributed by atoms with E-state index in [1.165, 1.54) is 0 Å². The molecule has 0 bridgehead atoms. The number of nitrogens with zero attached hydrogens (tertiary/aromatic N) is 1. The number of halogens is 2. The molecule has 0 spiro atoms. The van der Waals surface area contributed by atoms with Crippen LogP contribution in [0.25, 0.3) is 0 Å². The summed E-state index contributed by atoms with van der Waals surface area (Å²) in [5, 5.41) is 0.532. The summed E-state index contributed by atoms with van der Waals surface area (Å²) in [5.41, 5.74) is 8.02. The van der Waals surface area contributed by atoms with Crippen molar-refractivity contribution in [3.05, 3.63) is 63.1 Å². The third-order valence-electron chi connectivity index (χ3n) is 3.19. The predicted octanol–water partition coefficient (Wildman–Crippen LogP) is 4.35. The van der Waals surface area contributed by atoms with Crippen molar-refractivity contribution in [3.8, 4) is 0 Å². The van der Waals surface area contributed by atoms with Gasteiger partial charge in [-0.15, -0.1) is 0 Å². The molecule has 2 aromatic carbocycles. The van der Waals surface area contributed by atoms with Crippen LogP contribution in [0.3, 0.4) is 0 Å². The number of nitrogen functional groups attached to an aromatic ring is 1. The maximum absolute atomic E-state index is 12.5. The summed E-state index contributed by atoms with van der Waals surface area (Å²) in [6.45, 7) is 3.12. The molecule has 0 fully saturated rings. The van der Waals surface area contributed by atoms with Gasteiger partial charge < -0.3 is 10.6 Å². The first-order valence-electron chi connectivity index (χ1n) is 6.60. The van der Waals surface area contributed by atoms with Crippen LogP contribution >= 0.6 is 27.5 Å². The molecule has 0 saturated heterocycles. The summed E-state index contributed by atoms with van der Waals surface area (Å²) < 4.78 is 0.780. The molecule has 110 valence electrons. The van der Waals surface area contributed by atoms with E-state index in [9.17, 15) is 4.79 Å². The SMILES string of the molecule is CCN(Cc1ccc(N)cc1)C(=O)c1ccc(Br)c(Cl)c1. The number of amides is 1. The Hall–Kier alpha value is -1.52. The highest BCUT2D eigenvalue weighted by Gasteiger charge is 2.15. The molecule has 1 amide bonds. The Balaban J connectivity index is 2.18. The van der Waals surface area contributed by atoms with Gasteiger partial charge in [0.2, 0.25) is 0 Å². The molecule has 2 rings (SSSR count). The average molecular weight is 368 g/mol. The number of hydrogen-bond donors (Lipinski definition) is 1. The summed E-state index contributed by atoms with van der Waals surface area (Å²) in [5.74, 6) is -0.0382. The van der Waals surface area contributed by atoms with Crippen LogP contribution in [0, 0.1) is 0 Å². The van der Waals surface area contributed by atoms with E-state index < -0.39 is 0 Å². The molecule has 0 saturated carbocycles. The molecule has 0 aliphatic heterocycles. The van der Waals surface area contributed by atoms with Gasteiger partial charge in [0.25, 0.3) is 5.91 Å². The number of hydrogen-bond acceptors (Lipinski definition) is 2. The lowest BCUT2D eigenvalue weighted by Gasteiger charge is -2.21. The zero-order chi connectivity index (χ0) is 15.4. The van der Waals surface area contributed by atoms with E-state index in [0.29, 0.717) is 29.4 Å². The van der Waals surface area contributed by atoms with Gasteiger partial charge in [0.1, 0.15) is 0 Å². The third-order valence-corrected chi connectivity index (χ3v) is 4.42. The molecule has 0 aliphatic rings. The summed E-state index contributed by atoms with van der Waals surface area (Å²) in [6, 6.07) is 12.8. The number of carbonyl (C=O) groups is 1. The van der Waals surface area contributed by atoms with Crippen LogP contribution in [0.5, 0.6) is 0 Å². The van der Waals surface area contributed by atoms with Gasteiger partial charge in [-0.3, -0.25) is 4.79 Å². The Morgan fingerprint density at radius 2 is 1.90 bits per heavy atom. The van der Waals surface area contributed by atoms with Gasteiger partial charge in [-0.2, -0.15) is 0 Å². The predicted molar refractivity (Wildman–Crippen MR) is 90.4 cm³/mol. The zero-order valence-electron chi connectivity index (χ0n) is 11.6. The number of carbonyl (C=O) groups excluding carboxylic acids is 1. The van der Waals surface area contributed by atoms with Crippen molar-refractivity contribution in [2.24, 2.45) is 0 Å². The van der Waals surface area contributed by atoms with E-state index in [2.05, 4.69) is 15.9 Å². The van der Waals surface area contributed by atoms with E-state index >= 15 is 0 Å². The first kappa shape index (κ1) is 15.9. The van der Waals surface area contributed by atoms with Crippen molar-refractivity contribution in [3.63, 3.8) is 0 Å². The molecule has 3 nitrogen and oxygen atoms in total. The summed E-state index contributed by atoms with van der Waals surface area (Å²) in [7, 11) is 0. The van der Waals surface area contributed by atoms with Gasteiger partial charge in [0.15, 0.2) is 0 Å². The van der Waals surface area contributed by atoms with Crippen LogP contribution in [0.15, 0.2) is 46.9 Å². The van der Waals surface area contributed by atoms with Crippen molar-refractivity contribution in [1.29, 1.82) is 0 Å². The molecule has 0 aromatic heterocycles. The maximum atomic E-state index is 12.5. The van der Waals surface area contributed by atoms with Crippen LogP contribution in [-0.4, -0.2) is 17.4 Å².